The van der Waals surface area contributed by atoms with Crippen LogP contribution in [0.3, 0.4) is 0 Å². The molecule has 1 aliphatic rings. The Labute approximate surface area is 90.5 Å². The number of rotatable bonds is 1. The summed E-state index contributed by atoms with van der Waals surface area (Å²) in [5.74, 6) is -0.0440. The molecule has 1 fully saturated rings. The van der Waals surface area contributed by atoms with Crippen molar-refractivity contribution in [2.45, 2.75) is 32.5 Å². The molecule has 1 N–H and O–H groups in total. The Hall–Kier alpha value is -1.03. The van der Waals surface area contributed by atoms with E-state index in [0.717, 1.165) is 0 Å². The molecule has 0 unspecified atom stereocenters. The third-order valence-corrected chi connectivity index (χ3v) is 2.29. The molecule has 1 saturated heterocycles. The van der Waals surface area contributed by atoms with Gasteiger partial charge < -0.3 is 14.7 Å². The van der Waals surface area contributed by atoms with E-state index < -0.39 is 11.7 Å². The van der Waals surface area contributed by atoms with Crippen LogP contribution in [0.4, 0.5) is 4.79 Å². The lowest BCUT2D eigenvalue weighted by Crippen LogP contribution is -2.35. The molecule has 0 spiro atoms. The van der Waals surface area contributed by atoms with Crippen LogP contribution >= 0.6 is 0 Å². The zero-order chi connectivity index (χ0) is 11.6. The van der Waals surface area contributed by atoms with E-state index in [1.165, 1.54) is 4.90 Å². The highest BCUT2D eigenvalue weighted by atomic mass is 16.6. The fourth-order valence-electron chi connectivity index (χ4n) is 1.52. The summed E-state index contributed by atoms with van der Waals surface area (Å²) in [7, 11) is 0. The molecule has 0 radical (unpaired) electrons. The lowest BCUT2D eigenvalue weighted by molar-refractivity contribution is 0.0270. The lowest BCUT2D eigenvalue weighted by atomic mass is 10.1. The van der Waals surface area contributed by atoms with Crippen LogP contribution in [-0.4, -0.2) is 40.9 Å². The summed E-state index contributed by atoms with van der Waals surface area (Å²) in [4.78, 5) is 13.1. The van der Waals surface area contributed by atoms with Gasteiger partial charge in [-0.25, -0.2) is 4.79 Å². The molecule has 1 aliphatic heterocycles. The highest BCUT2D eigenvalue weighted by Crippen LogP contribution is 2.20. The van der Waals surface area contributed by atoms with Crippen molar-refractivity contribution < 1.29 is 14.6 Å². The van der Waals surface area contributed by atoms with Crippen LogP contribution in [-0.2, 0) is 4.74 Å². The standard InChI is InChI=1S/C11H19NO3/c1-5-8-6-12(7-9(8)13)10(14)15-11(2,3)4/h5,8-9,13H,1,6-7H2,2-4H3/t8-,9+/m1/s1. The van der Waals surface area contributed by atoms with Crippen molar-refractivity contribution in [1.82, 2.24) is 4.90 Å². The Balaban J connectivity index is 2.53. The van der Waals surface area contributed by atoms with E-state index in [-0.39, 0.29) is 12.0 Å². The van der Waals surface area contributed by atoms with E-state index in [0.29, 0.717) is 13.1 Å². The maximum Gasteiger partial charge on any atom is 0.410 e. The Kier molecular flexibility index (Phi) is 3.39. The summed E-state index contributed by atoms with van der Waals surface area (Å²) in [6, 6.07) is 0. The molecule has 15 heavy (non-hydrogen) atoms. The lowest BCUT2D eigenvalue weighted by Gasteiger charge is -2.24. The van der Waals surface area contributed by atoms with Gasteiger partial charge in [0.2, 0.25) is 0 Å². The fraction of sp³-hybridized carbons (Fsp3) is 0.727. The Morgan fingerprint density at radius 2 is 2.13 bits per heavy atom. The largest absolute Gasteiger partial charge is 0.444 e. The highest BCUT2D eigenvalue weighted by Gasteiger charge is 2.34. The van der Waals surface area contributed by atoms with Gasteiger partial charge in [-0.3, -0.25) is 0 Å². The van der Waals surface area contributed by atoms with Crippen molar-refractivity contribution in [3.05, 3.63) is 12.7 Å². The molecule has 86 valence electrons. The summed E-state index contributed by atoms with van der Waals surface area (Å²) < 4.78 is 5.20. The summed E-state index contributed by atoms with van der Waals surface area (Å²) >= 11 is 0. The number of β-amino-alcohol motifs (C(OH)–C–C–N with tert-alkyl or cyclic N) is 1. The molecule has 0 bridgehead atoms. The summed E-state index contributed by atoms with van der Waals surface area (Å²) in [6.45, 7) is 9.90. The second-order valence-electron chi connectivity index (χ2n) is 4.85. The summed E-state index contributed by atoms with van der Waals surface area (Å²) in [5.41, 5.74) is -0.492. The van der Waals surface area contributed by atoms with Crippen molar-refractivity contribution in [3.63, 3.8) is 0 Å². The Morgan fingerprint density at radius 1 is 1.53 bits per heavy atom. The number of nitrogens with zero attached hydrogens (tertiary/aromatic N) is 1. The average Bonchev–Trinajstić information content (AvgIpc) is 2.43. The number of hydrogen-bond acceptors (Lipinski definition) is 3. The number of aliphatic hydroxyl groups is 1. The Bertz CT molecular complexity index is 257. The van der Waals surface area contributed by atoms with Gasteiger partial charge in [0.05, 0.1) is 12.6 Å². The van der Waals surface area contributed by atoms with E-state index >= 15 is 0 Å². The van der Waals surface area contributed by atoms with Crippen LogP contribution in [0.25, 0.3) is 0 Å². The van der Waals surface area contributed by atoms with Gasteiger partial charge in [-0.2, -0.15) is 0 Å². The molecule has 0 aliphatic carbocycles. The van der Waals surface area contributed by atoms with Gasteiger partial charge in [-0.1, -0.05) is 6.08 Å². The highest BCUT2D eigenvalue weighted by molar-refractivity contribution is 5.68. The minimum atomic E-state index is -0.519. The SMILES string of the molecule is C=C[C@@H]1CN(C(=O)OC(C)(C)C)C[C@@H]1O. The van der Waals surface area contributed by atoms with Gasteiger partial charge in [0.25, 0.3) is 0 Å². The average molecular weight is 213 g/mol. The predicted molar refractivity (Wildman–Crippen MR) is 57.5 cm³/mol. The molecule has 1 rings (SSSR count). The van der Waals surface area contributed by atoms with E-state index in [9.17, 15) is 9.90 Å². The van der Waals surface area contributed by atoms with Crippen molar-refractivity contribution in [3.8, 4) is 0 Å². The molecule has 4 nitrogen and oxygen atoms in total. The number of amides is 1. The number of ether oxygens (including phenoxy) is 1. The molecule has 0 aromatic rings. The van der Waals surface area contributed by atoms with Gasteiger partial charge in [0, 0.05) is 12.5 Å². The zero-order valence-corrected chi connectivity index (χ0v) is 9.56. The fourth-order valence-corrected chi connectivity index (χ4v) is 1.52. The zero-order valence-electron chi connectivity index (χ0n) is 9.56. The number of likely N-dealkylation sites (tertiary alicyclic amines) is 1. The first-order valence-electron chi connectivity index (χ1n) is 5.12. The third kappa shape index (κ3) is 3.23. The van der Waals surface area contributed by atoms with Gasteiger partial charge in [-0.05, 0) is 20.8 Å². The van der Waals surface area contributed by atoms with Gasteiger partial charge in [-0.15, -0.1) is 6.58 Å². The number of hydrogen-bond donors (Lipinski definition) is 1. The molecule has 4 heteroatoms. The number of aliphatic hydroxyl groups excluding tert-OH is 1. The first-order valence-corrected chi connectivity index (χ1v) is 5.12. The van der Waals surface area contributed by atoms with E-state index in [4.69, 9.17) is 4.74 Å². The molecule has 2 atom stereocenters. The number of carbonyl (C=O) groups is 1. The molecule has 0 aromatic heterocycles. The van der Waals surface area contributed by atoms with Crippen molar-refractivity contribution in [2.75, 3.05) is 13.1 Å². The van der Waals surface area contributed by atoms with E-state index in [1.54, 1.807) is 6.08 Å². The predicted octanol–water partition coefficient (Wildman–Crippen LogP) is 1.40. The second kappa shape index (κ2) is 4.23. The summed E-state index contributed by atoms with van der Waals surface area (Å²) in [6.07, 6.45) is 0.788. The molecule has 1 amide bonds. The normalized spacial score (nSPS) is 26.5. The molecule has 0 saturated carbocycles. The first kappa shape index (κ1) is 12.0. The second-order valence-corrected chi connectivity index (χ2v) is 4.85. The maximum absolute atomic E-state index is 11.6. The van der Waals surface area contributed by atoms with Crippen molar-refractivity contribution in [2.24, 2.45) is 5.92 Å². The summed E-state index contributed by atoms with van der Waals surface area (Å²) in [5, 5.41) is 9.59. The van der Waals surface area contributed by atoms with Crippen LogP contribution in [0.15, 0.2) is 12.7 Å². The first-order chi connectivity index (χ1) is 6.83. The van der Waals surface area contributed by atoms with Gasteiger partial charge in [0.15, 0.2) is 0 Å². The van der Waals surface area contributed by atoms with E-state index in [2.05, 4.69) is 6.58 Å². The molecular formula is C11H19NO3. The minimum Gasteiger partial charge on any atom is -0.444 e. The van der Waals surface area contributed by atoms with Gasteiger partial charge >= 0.3 is 6.09 Å². The van der Waals surface area contributed by atoms with Crippen LogP contribution in [0.2, 0.25) is 0 Å². The molecular weight excluding hydrogens is 194 g/mol. The minimum absolute atomic E-state index is 0.0440. The maximum atomic E-state index is 11.6. The van der Waals surface area contributed by atoms with Gasteiger partial charge in [0.1, 0.15) is 5.60 Å². The third-order valence-electron chi connectivity index (χ3n) is 2.29. The monoisotopic (exact) mass is 213 g/mol. The van der Waals surface area contributed by atoms with Crippen LogP contribution < -0.4 is 0 Å². The van der Waals surface area contributed by atoms with E-state index in [1.807, 2.05) is 20.8 Å². The van der Waals surface area contributed by atoms with Crippen LogP contribution in [0, 0.1) is 5.92 Å². The molecule has 0 aromatic carbocycles. The number of carbonyl (C=O) groups excluding carboxylic acids is 1. The smallest absolute Gasteiger partial charge is 0.410 e. The topological polar surface area (TPSA) is 49.8 Å². The van der Waals surface area contributed by atoms with Crippen molar-refractivity contribution >= 4 is 6.09 Å². The Morgan fingerprint density at radius 3 is 2.53 bits per heavy atom. The quantitative estimate of drug-likeness (QED) is 0.670. The van der Waals surface area contributed by atoms with Crippen LogP contribution in [0.1, 0.15) is 20.8 Å². The molecule has 1 heterocycles. The van der Waals surface area contributed by atoms with Crippen LogP contribution in [0.5, 0.6) is 0 Å². The van der Waals surface area contributed by atoms with Crippen molar-refractivity contribution in [1.29, 1.82) is 0 Å².